The third-order valence-corrected chi connectivity index (χ3v) is 10.8. The Morgan fingerprint density at radius 3 is 2.60 bits per heavy atom. The van der Waals surface area contributed by atoms with Crippen LogP contribution in [-0.2, 0) is 19.8 Å². The monoisotopic (exact) mass is 676 g/mol. The maximum Gasteiger partial charge on any atom is 0.399 e. The Bertz CT molecular complexity index is 1880. The molecule has 0 aliphatic carbocycles. The van der Waals surface area contributed by atoms with Gasteiger partial charge >= 0.3 is 13.3 Å². The molecule has 2 aromatic heterocycles. The van der Waals surface area contributed by atoms with Crippen LogP contribution in [-0.4, -0.2) is 55.5 Å². The molecule has 3 amide bonds. The van der Waals surface area contributed by atoms with E-state index in [-0.39, 0.29) is 28.1 Å². The lowest BCUT2D eigenvalue weighted by Crippen LogP contribution is -2.55. The molecule has 2 fully saturated rings. The maximum atomic E-state index is 14.3. The first-order valence-electron chi connectivity index (χ1n) is 14.3. The fraction of sp³-hybridized carbons (Fsp3) is 0.333. The van der Waals surface area contributed by atoms with Gasteiger partial charge in [0.05, 0.1) is 15.4 Å². The fourth-order valence-corrected chi connectivity index (χ4v) is 7.71. The van der Waals surface area contributed by atoms with Crippen molar-refractivity contribution in [1.29, 1.82) is 0 Å². The summed E-state index contributed by atoms with van der Waals surface area (Å²) in [7, 11) is -5.76. The van der Waals surface area contributed by atoms with E-state index in [9.17, 15) is 27.7 Å². The standard InChI is InChI=1S/C30H28ClF2N4O6PS/c31-21-11-12-34-22-8-6-18(15-20(21)22)35-27(38)24-9-7-19-3-1-2-4-23(29(40)37(19)24)36-28(39)26-14-16-13-17(5-10-25(16)45-26)30(32,33)44(41,42)43/h5-6,8,10-15,19,23-24H,1-4,7,9H2,(H,35,38)(H,36,39)(H2,41,42,43)/t19-,23-,24-/m0/s1. The van der Waals surface area contributed by atoms with Crippen molar-refractivity contribution in [2.24, 2.45) is 0 Å². The van der Waals surface area contributed by atoms with Crippen LogP contribution in [0.3, 0.4) is 0 Å². The number of alkyl halides is 2. The third-order valence-electron chi connectivity index (χ3n) is 8.35. The van der Waals surface area contributed by atoms with E-state index in [1.165, 1.54) is 12.1 Å². The van der Waals surface area contributed by atoms with Crippen LogP contribution in [0.5, 0.6) is 0 Å². The van der Waals surface area contributed by atoms with Crippen LogP contribution in [0.2, 0.25) is 5.02 Å². The Kier molecular flexibility index (Phi) is 8.42. The number of pyridine rings is 1. The van der Waals surface area contributed by atoms with Crippen molar-refractivity contribution >= 4 is 74.9 Å². The number of hydrogen-bond acceptors (Lipinski definition) is 6. The highest BCUT2D eigenvalue weighted by molar-refractivity contribution is 7.52. The summed E-state index contributed by atoms with van der Waals surface area (Å²) in [6, 6.07) is 9.55. The van der Waals surface area contributed by atoms with Crippen molar-refractivity contribution in [3.63, 3.8) is 0 Å². The molecule has 3 atom stereocenters. The Morgan fingerprint density at radius 2 is 1.82 bits per heavy atom. The summed E-state index contributed by atoms with van der Waals surface area (Å²) >= 11 is 7.31. The molecule has 2 aliphatic heterocycles. The van der Waals surface area contributed by atoms with E-state index in [0.717, 1.165) is 36.3 Å². The molecule has 45 heavy (non-hydrogen) atoms. The average molecular weight is 677 g/mol. The normalized spacial score (nSPS) is 21.0. The molecular weight excluding hydrogens is 649 g/mol. The lowest BCUT2D eigenvalue weighted by Gasteiger charge is -2.35. The highest BCUT2D eigenvalue weighted by Crippen LogP contribution is 2.59. The number of rotatable bonds is 6. The lowest BCUT2D eigenvalue weighted by molar-refractivity contribution is -0.141. The van der Waals surface area contributed by atoms with Crippen molar-refractivity contribution in [2.75, 3.05) is 5.32 Å². The second-order valence-electron chi connectivity index (χ2n) is 11.3. The summed E-state index contributed by atoms with van der Waals surface area (Å²) < 4.78 is 40.3. The van der Waals surface area contributed by atoms with Crippen LogP contribution in [0.15, 0.2) is 54.7 Å². The summed E-state index contributed by atoms with van der Waals surface area (Å²) in [5.41, 5.74) is -4.06. The molecule has 15 heteroatoms. The molecule has 0 radical (unpaired) electrons. The molecule has 6 rings (SSSR count). The highest BCUT2D eigenvalue weighted by Gasteiger charge is 2.50. The second-order valence-corrected chi connectivity index (χ2v) is 14.4. The number of benzene rings is 2. The van der Waals surface area contributed by atoms with Gasteiger partial charge in [-0.25, -0.2) is 0 Å². The minimum atomic E-state index is -5.76. The molecule has 4 N–H and O–H groups in total. The van der Waals surface area contributed by atoms with E-state index in [1.54, 1.807) is 35.4 Å². The van der Waals surface area contributed by atoms with Crippen LogP contribution >= 0.6 is 30.5 Å². The van der Waals surface area contributed by atoms with E-state index in [0.29, 0.717) is 52.0 Å². The van der Waals surface area contributed by atoms with E-state index in [4.69, 9.17) is 21.4 Å². The zero-order valence-corrected chi connectivity index (χ0v) is 26.0. The van der Waals surface area contributed by atoms with Crippen LogP contribution < -0.4 is 10.6 Å². The largest absolute Gasteiger partial charge is 0.399 e. The third kappa shape index (κ3) is 6.07. The number of nitrogens with zero attached hydrogens (tertiary/aromatic N) is 2. The number of fused-ring (bicyclic) bond motifs is 3. The van der Waals surface area contributed by atoms with Gasteiger partial charge in [0.2, 0.25) is 11.8 Å². The predicted octanol–water partition coefficient (Wildman–Crippen LogP) is 6.00. The smallest absolute Gasteiger partial charge is 0.340 e. The van der Waals surface area contributed by atoms with Gasteiger partial charge in [0.25, 0.3) is 5.91 Å². The van der Waals surface area contributed by atoms with Crippen molar-refractivity contribution < 1.29 is 37.5 Å². The van der Waals surface area contributed by atoms with Gasteiger partial charge in [0.15, 0.2) is 0 Å². The maximum absolute atomic E-state index is 14.3. The van der Waals surface area contributed by atoms with Gasteiger partial charge in [-0.3, -0.25) is 23.9 Å². The summed E-state index contributed by atoms with van der Waals surface area (Å²) in [5, 5.41) is 7.07. The van der Waals surface area contributed by atoms with Crippen LogP contribution in [0.25, 0.3) is 21.0 Å². The van der Waals surface area contributed by atoms with E-state index in [1.807, 2.05) is 0 Å². The Morgan fingerprint density at radius 1 is 1.04 bits per heavy atom. The average Bonchev–Trinajstić information content (AvgIpc) is 3.61. The first kappa shape index (κ1) is 31.5. The quantitative estimate of drug-likeness (QED) is 0.183. The number of carbonyl (C=O) groups excluding carboxylic acids is 3. The number of hydrogen-bond donors (Lipinski definition) is 4. The lowest BCUT2D eigenvalue weighted by atomic mass is 9.99. The second kappa shape index (κ2) is 12.0. The highest BCUT2D eigenvalue weighted by atomic mass is 35.5. The number of halogens is 3. The van der Waals surface area contributed by atoms with Gasteiger partial charge in [-0.2, -0.15) is 8.78 Å². The summed E-state index contributed by atoms with van der Waals surface area (Å²) in [6.45, 7) is 0. The molecule has 2 aromatic carbocycles. The molecule has 10 nitrogen and oxygen atoms in total. The molecular formula is C30H28ClF2N4O6PS. The van der Waals surface area contributed by atoms with Crippen LogP contribution in [0, 0.1) is 0 Å². The van der Waals surface area contributed by atoms with E-state index < -0.39 is 36.8 Å². The summed E-state index contributed by atoms with van der Waals surface area (Å²) in [4.78, 5) is 64.9. The first-order valence-corrected chi connectivity index (χ1v) is 17.1. The number of nitrogens with one attached hydrogen (secondary N) is 2. The molecule has 4 aromatic rings. The minimum absolute atomic E-state index is 0.147. The van der Waals surface area contributed by atoms with Crippen molar-refractivity contribution in [3.8, 4) is 0 Å². The Hall–Kier alpha value is -3.48. The molecule has 0 bridgehead atoms. The number of anilines is 1. The van der Waals surface area contributed by atoms with E-state index in [2.05, 4.69) is 15.6 Å². The van der Waals surface area contributed by atoms with Crippen LogP contribution in [0.4, 0.5) is 14.5 Å². The van der Waals surface area contributed by atoms with Gasteiger partial charge in [0.1, 0.15) is 12.1 Å². The summed E-state index contributed by atoms with van der Waals surface area (Å²) in [6.07, 6.45) is 5.32. The van der Waals surface area contributed by atoms with Crippen molar-refractivity contribution in [1.82, 2.24) is 15.2 Å². The van der Waals surface area contributed by atoms with Crippen LogP contribution in [0.1, 0.15) is 53.8 Å². The molecule has 0 unspecified atom stereocenters. The van der Waals surface area contributed by atoms with Gasteiger partial charge < -0.3 is 25.3 Å². The number of amides is 3. The van der Waals surface area contributed by atoms with Gasteiger partial charge in [-0.1, -0.05) is 30.5 Å². The Balaban J connectivity index is 1.20. The molecule has 4 heterocycles. The summed E-state index contributed by atoms with van der Waals surface area (Å²) in [5.74, 6) is -1.29. The molecule has 0 spiro atoms. The first-order chi connectivity index (χ1) is 21.3. The van der Waals surface area contributed by atoms with Gasteiger partial charge in [-0.15, -0.1) is 11.3 Å². The van der Waals surface area contributed by atoms with Gasteiger partial charge in [-0.05, 0) is 73.5 Å². The van der Waals surface area contributed by atoms with Crippen molar-refractivity contribution in [2.45, 2.75) is 62.3 Å². The number of carbonyl (C=O) groups is 3. The minimum Gasteiger partial charge on any atom is -0.340 e. The Labute approximate surface area is 264 Å². The van der Waals surface area contributed by atoms with E-state index >= 15 is 0 Å². The molecule has 0 saturated carbocycles. The topological polar surface area (TPSA) is 149 Å². The fourth-order valence-electron chi connectivity index (χ4n) is 6.08. The molecule has 2 aliphatic rings. The SMILES string of the molecule is O=C(N[C@H]1CCCC[C@H]2CC[C@@H](C(=O)Nc3ccc4nccc(Cl)c4c3)N2C1=O)c1cc2cc(C(F)(F)P(=O)(O)O)ccc2s1. The number of thiophene rings is 1. The predicted molar refractivity (Wildman–Crippen MR) is 167 cm³/mol. The number of aromatic nitrogens is 1. The molecule has 2 saturated heterocycles. The van der Waals surface area contributed by atoms with Crippen molar-refractivity contribution in [3.05, 3.63) is 70.2 Å². The molecule has 236 valence electrons. The van der Waals surface area contributed by atoms with Gasteiger partial charge in [0, 0.05) is 33.6 Å². The zero-order valence-electron chi connectivity index (χ0n) is 23.6. The zero-order chi connectivity index (χ0) is 32.1.